The Morgan fingerprint density at radius 1 is 0.760 bits per heavy atom. The standard InChI is InChI=1S/C21H17N3O/c1-25-20-13-7-6-12-19(20)24-14-23-18-11-5-4-9-16(18)15-8-2-3-10-17(15)21(23)22-24/h2-13H,14H2,1H3. The molecule has 0 amide bonds. The zero-order chi connectivity index (χ0) is 16.8. The molecule has 0 aromatic heterocycles. The van der Waals surface area contributed by atoms with Crippen LogP contribution in [0.1, 0.15) is 5.56 Å². The maximum Gasteiger partial charge on any atom is 0.163 e. The highest BCUT2D eigenvalue weighted by molar-refractivity contribution is 6.20. The van der Waals surface area contributed by atoms with Crippen LogP contribution in [0.2, 0.25) is 0 Å². The second-order valence-electron chi connectivity index (χ2n) is 6.13. The van der Waals surface area contributed by atoms with Crippen LogP contribution in [0.5, 0.6) is 5.75 Å². The highest BCUT2D eigenvalue weighted by atomic mass is 16.5. The van der Waals surface area contributed by atoms with E-state index in [1.165, 1.54) is 22.4 Å². The van der Waals surface area contributed by atoms with Crippen LogP contribution in [0.3, 0.4) is 0 Å². The van der Waals surface area contributed by atoms with Gasteiger partial charge in [-0.25, -0.2) is 5.01 Å². The molecule has 0 saturated carbocycles. The lowest BCUT2D eigenvalue weighted by molar-refractivity contribution is 0.414. The van der Waals surface area contributed by atoms with E-state index < -0.39 is 0 Å². The largest absolute Gasteiger partial charge is 0.495 e. The molecule has 4 heteroatoms. The summed E-state index contributed by atoms with van der Waals surface area (Å²) in [6, 6.07) is 25.0. The van der Waals surface area contributed by atoms with E-state index in [4.69, 9.17) is 9.84 Å². The first-order valence-electron chi connectivity index (χ1n) is 8.32. The van der Waals surface area contributed by atoms with Gasteiger partial charge in [0.1, 0.15) is 18.1 Å². The van der Waals surface area contributed by atoms with Crippen LogP contribution in [-0.2, 0) is 0 Å². The van der Waals surface area contributed by atoms with E-state index in [0.29, 0.717) is 6.67 Å². The number of amidine groups is 1. The van der Waals surface area contributed by atoms with Gasteiger partial charge in [-0.15, -0.1) is 0 Å². The van der Waals surface area contributed by atoms with Crippen molar-refractivity contribution in [1.29, 1.82) is 0 Å². The van der Waals surface area contributed by atoms with Gasteiger partial charge in [-0.2, -0.15) is 5.10 Å². The smallest absolute Gasteiger partial charge is 0.163 e. The quantitative estimate of drug-likeness (QED) is 0.701. The van der Waals surface area contributed by atoms with Crippen LogP contribution in [0.25, 0.3) is 11.1 Å². The molecule has 5 rings (SSSR count). The van der Waals surface area contributed by atoms with Crippen LogP contribution in [0.15, 0.2) is 77.9 Å². The fourth-order valence-corrected chi connectivity index (χ4v) is 3.61. The van der Waals surface area contributed by atoms with E-state index in [2.05, 4.69) is 53.4 Å². The van der Waals surface area contributed by atoms with Crippen LogP contribution in [-0.4, -0.2) is 19.6 Å². The third kappa shape index (κ3) is 2.04. The number of para-hydroxylation sites is 3. The number of rotatable bonds is 2. The van der Waals surface area contributed by atoms with Crippen molar-refractivity contribution in [2.45, 2.75) is 0 Å². The SMILES string of the molecule is COc1ccccc1N1CN2C(=N1)c1ccccc1-c1ccccc12. The van der Waals surface area contributed by atoms with Crippen molar-refractivity contribution in [3.8, 4) is 16.9 Å². The van der Waals surface area contributed by atoms with Crippen LogP contribution in [0, 0.1) is 0 Å². The van der Waals surface area contributed by atoms with E-state index in [1.807, 2.05) is 29.3 Å². The average Bonchev–Trinajstić information content (AvgIpc) is 3.14. The van der Waals surface area contributed by atoms with Gasteiger partial charge in [0.15, 0.2) is 5.84 Å². The zero-order valence-corrected chi connectivity index (χ0v) is 13.9. The molecule has 2 aliphatic rings. The Morgan fingerprint density at radius 2 is 1.40 bits per heavy atom. The van der Waals surface area contributed by atoms with Gasteiger partial charge in [0.25, 0.3) is 0 Å². The third-order valence-corrected chi connectivity index (χ3v) is 4.76. The molecule has 4 nitrogen and oxygen atoms in total. The number of anilines is 2. The number of benzene rings is 3. The van der Waals surface area contributed by atoms with Gasteiger partial charge in [0, 0.05) is 11.1 Å². The molecule has 0 N–H and O–H groups in total. The van der Waals surface area contributed by atoms with Crippen LogP contribution in [0.4, 0.5) is 11.4 Å². The van der Waals surface area contributed by atoms with Crippen molar-refractivity contribution < 1.29 is 4.74 Å². The molecule has 2 aliphatic heterocycles. The summed E-state index contributed by atoms with van der Waals surface area (Å²) in [5, 5.41) is 6.93. The summed E-state index contributed by atoms with van der Waals surface area (Å²) in [5.41, 5.74) is 5.81. The second-order valence-corrected chi connectivity index (χ2v) is 6.13. The fourth-order valence-electron chi connectivity index (χ4n) is 3.61. The Balaban J connectivity index is 1.69. The normalized spacial score (nSPS) is 14.5. The van der Waals surface area contributed by atoms with E-state index in [0.717, 1.165) is 17.3 Å². The molecule has 0 aliphatic carbocycles. The highest BCUT2D eigenvalue weighted by Crippen LogP contribution is 2.42. The van der Waals surface area contributed by atoms with E-state index in [9.17, 15) is 0 Å². The lowest BCUT2D eigenvalue weighted by atomic mass is 9.93. The van der Waals surface area contributed by atoms with E-state index in [1.54, 1.807) is 7.11 Å². The van der Waals surface area contributed by atoms with Gasteiger partial charge < -0.3 is 9.64 Å². The minimum absolute atomic E-state index is 0.668. The lowest BCUT2D eigenvalue weighted by Gasteiger charge is -2.29. The minimum atomic E-state index is 0.668. The summed E-state index contributed by atoms with van der Waals surface area (Å²) < 4.78 is 5.52. The molecule has 0 radical (unpaired) electrons. The zero-order valence-electron chi connectivity index (χ0n) is 13.9. The molecule has 0 spiro atoms. The first kappa shape index (κ1) is 14.1. The highest BCUT2D eigenvalue weighted by Gasteiger charge is 2.34. The van der Waals surface area contributed by atoms with Crippen molar-refractivity contribution >= 4 is 17.2 Å². The Kier molecular flexibility index (Phi) is 3.04. The number of hydrogen-bond donors (Lipinski definition) is 0. The van der Waals surface area contributed by atoms with Gasteiger partial charge in [0.2, 0.25) is 0 Å². The third-order valence-electron chi connectivity index (χ3n) is 4.76. The monoisotopic (exact) mass is 327 g/mol. The maximum absolute atomic E-state index is 5.52. The summed E-state index contributed by atoms with van der Waals surface area (Å²) in [6.45, 7) is 0.668. The second kappa shape index (κ2) is 5.38. The van der Waals surface area contributed by atoms with Crippen molar-refractivity contribution in [3.63, 3.8) is 0 Å². The van der Waals surface area contributed by atoms with Crippen molar-refractivity contribution in [1.82, 2.24) is 0 Å². The number of fused-ring (bicyclic) bond motifs is 6. The predicted molar refractivity (Wildman–Crippen MR) is 101 cm³/mol. The predicted octanol–water partition coefficient (Wildman–Crippen LogP) is 4.32. The van der Waals surface area contributed by atoms with Gasteiger partial charge >= 0.3 is 0 Å². The molecule has 3 aromatic carbocycles. The van der Waals surface area contributed by atoms with Gasteiger partial charge in [0.05, 0.1) is 12.8 Å². The van der Waals surface area contributed by atoms with Crippen LogP contribution < -0.4 is 14.6 Å². The molecular formula is C21H17N3O. The van der Waals surface area contributed by atoms with E-state index in [-0.39, 0.29) is 0 Å². The summed E-state index contributed by atoms with van der Waals surface area (Å²) in [7, 11) is 1.69. The maximum atomic E-state index is 5.52. The number of hydrazone groups is 1. The average molecular weight is 327 g/mol. The topological polar surface area (TPSA) is 28.1 Å². The molecule has 25 heavy (non-hydrogen) atoms. The molecule has 0 bridgehead atoms. The number of hydrogen-bond acceptors (Lipinski definition) is 4. The number of ether oxygens (including phenoxy) is 1. The molecular weight excluding hydrogens is 310 g/mol. The van der Waals surface area contributed by atoms with Gasteiger partial charge in [-0.3, -0.25) is 0 Å². The lowest BCUT2D eigenvalue weighted by Crippen LogP contribution is -2.34. The number of methoxy groups -OCH3 is 1. The summed E-state index contributed by atoms with van der Waals surface area (Å²) in [5.74, 6) is 1.81. The molecule has 0 unspecified atom stereocenters. The van der Waals surface area contributed by atoms with Crippen molar-refractivity contribution in [2.75, 3.05) is 23.7 Å². The fraction of sp³-hybridized carbons (Fsp3) is 0.0952. The van der Waals surface area contributed by atoms with Crippen molar-refractivity contribution in [3.05, 3.63) is 78.4 Å². The number of nitrogens with zero attached hydrogens (tertiary/aromatic N) is 3. The molecule has 122 valence electrons. The summed E-state index contributed by atoms with van der Waals surface area (Å²) in [4.78, 5) is 2.27. The summed E-state index contributed by atoms with van der Waals surface area (Å²) in [6.07, 6.45) is 0. The molecule has 0 fully saturated rings. The molecule has 2 heterocycles. The van der Waals surface area contributed by atoms with Crippen molar-refractivity contribution in [2.24, 2.45) is 5.10 Å². The Morgan fingerprint density at radius 3 is 2.20 bits per heavy atom. The molecule has 3 aromatic rings. The Labute approximate surface area is 146 Å². The minimum Gasteiger partial charge on any atom is -0.495 e. The molecule has 0 saturated heterocycles. The first-order valence-corrected chi connectivity index (χ1v) is 8.32. The van der Waals surface area contributed by atoms with E-state index >= 15 is 0 Å². The van der Waals surface area contributed by atoms with Crippen LogP contribution >= 0.6 is 0 Å². The Hall–Kier alpha value is -3.27. The summed E-state index contributed by atoms with van der Waals surface area (Å²) >= 11 is 0. The van der Waals surface area contributed by atoms with Gasteiger partial charge in [-0.1, -0.05) is 54.6 Å². The molecule has 0 atom stereocenters. The Bertz CT molecular complexity index is 996. The van der Waals surface area contributed by atoms with Gasteiger partial charge in [-0.05, 0) is 23.8 Å². The first-order chi connectivity index (χ1) is 12.4.